The van der Waals surface area contributed by atoms with Gasteiger partial charge in [-0.25, -0.2) is 9.97 Å². The molecule has 1 aliphatic carbocycles. The summed E-state index contributed by atoms with van der Waals surface area (Å²) in [5.74, 6) is 1.32. The Kier molecular flexibility index (Phi) is 4.38. The first-order valence-corrected chi connectivity index (χ1v) is 8.01. The van der Waals surface area contributed by atoms with Gasteiger partial charge in [-0.1, -0.05) is 18.2 Å². The van der Waals surface area contributed by atoms with Crippen molar-refractivity contribution in [3.63, 3.8) is 0 Å². The van der Waals surface area contributed by atoms with Crippen molar-refractivity contribution in [2.75, 3.05) is 12.3 Å². The van der Waals surface area contributed by atoms with Crippen molar-refractivity contribution < 1.29 is 4.74 Å². The minimum atomic E-state index is -0.131. The number of imidazole rings is 1. The van der Waals surface area contributed by atoms with Crippen LogP contribution in [0.3, 0.4) is 0 Å². The van der Waals surface area contributed by atoms with Gasteiger partial charge in [0.1, 0.15) is 17.9 Å². The van der Waals surface area contributed by atoms with Gasteiger partial charge in [-0.05, 0) is 25.8 Å². The molecule has 7 heteroatoms. The van der Waals surface area contributed by atoms with Crippen LogP contribution in [-0.2, 0) is 17.9 Å². The van der Waals surface area contributed by atoms with E-state index in [1.807, 2.05) is 25.1 Å². The Morgan fingerprint density at radius 3 is 2.71 bits per heavy atom. The topological polar surface area (TPSA) is 92.0 Å². The smallest absolute Gasteiger partial charge is 0.152 e. The first-order valence-electron chi connectivity index (χ1n) is 8.01. The van der Waals surface area contributed by atoms with Crippen LogP contribution in [0.15, 0.2) is 24.3 Å². The number of pyridine rings is 1. The molecule has 4 rings (SSSR count). The van der Waals surface area contributed by atoms with Gasteiger partial charge in [0.2, 0.25) is 0 Å². The number of aromatic nitrogens is 3. The Morgan fingerprint density at radius 2 is 2.00 bits per heavy atom. The molecule has 0 radical (unpaired) electrons. The quantitative estimate of drug-likeness (QED) is 0.740. The molecule has 1 fully saturated rings. The molecule has 2 aromatic heterocycles. The lowest BCUT2D eigenvalue weighted by Gasteiger charge is -2.15. The number of nitrogen functional groups attached to an aromatic ring is 1. The number of anilines is 1. The molecule has 128 valence electrons. The lowest BCUT2D eigenvalue weighted by atomic mass is 10.1. The molecular weight excluding hydrogens is 326 g/mol. The average Bonchev–Trinajstić information content (AvgIpc) is 3.16. The SMILES string of the molecule is CCOCc1nc2c(N)nc3ccccc3c2n1CC1(N)CC1.Cl. The second kappa shape index (κ2) is 6.20. The molecule has 2 heterocycles. The number of para-hydroxylation sites is 1. The van der Waals surface area contributed by atoms with Crippen molar-refractivity contribution in [2.24, 2.45) is 5.73 Å². The van der Waals surface area contributed by atoms with Crippen LogP contribution in [0.5, 0.6) is 0 Å². The number of fused-ring (bicyclic) bond motifs is 3. The van der Waals surface area contributed by atoms with Crippen LogP contribution in [0.1, 0.15) is 25.6 Å². The third-order valence-corrected chi connectivity index (χ3v) is 4.49. The maximum atomic E-state index is 6.37. The molecule has 0 spiro atoms. The number of rotatable bonds is 5. The van der Waals surface area contributed by atoms with E-state index in [9.17, 15) is 0 Å². The van der Waals surface area contributed by atoms with Gasteiger partial charge >= 0.3 is 0 Å². The van der Waals surface area contributed by atoms with Gasteiger partial charge in [0.05, 0.1) is 11.0 Å². The number of nitrogens with two attached hydrogens (primary N) is 2. The Bertz CT molecular complexity index is 887. The highest BCUT2D eigenvalue weighted by Crippen LogP contribution is 2.37. The van der Waals surface area contributed by atoms with E-state index >= 15 is 0 Å². The summed E-state index contributed by atoms with van der Waals surface area (Å²) >= 11 is 0. The summed E-state index contributed by atoms with van der Waals surface area (Å²) in [5, 5.41) is 1.05. The van der Waals surface area contributed by atoms with Crippen LogP contribution >= 0.6 is 12.4 Å². The van der Waals surface area contributed by atoms with Crippen molar-refractivity contribution in [1.82, 2.24) is 14.5 Å². The Morgan fingerprint density at radius 1 is 1.25 bits per heavy atom. The number of halogens is 1. The molecular formula is C17H22ClN5O. The van der Waals surface area contributed by atoms with Crippen molar-refractivity contribution in [1.29, 1.82) is 0 Å². The van der Waals surface area contributed by atoms with Crippen molar-refractivity contribution in [3.8, 4) is 0 Å². The third kappa shape index (κ3) is 2.81. The molecule has 0 aliphatic heterocycles. The highest BCUT2D eigenvalue weighted by Gasteiger charge is 2.39. The summed E-state index contributed by atoms with van der Waals surface area (Å²) in [4.78, 5) is 9.19. The number of hydrogen-bond acceptors (Lipinski definition) is 5. The summed E-state index contributed by atoms with van der Waals surface area (Å²) in [6.07, 6.45) is 2.08. The summed E-state index contributed by atoms with van der Waals surface area (Å²) in [7, 11) is 0. The first kappa shape index (κ1) is 17.0. The largest absolute Gasteiger partial charge is 0.382 e. The number of hydrogen-bond donors (Lipinski definition) is 2. The van der Waals surface area contributed by atoms with E-state index in [0.29, 0.717) is 19.0 Å². The summed E-state index contributed by atoms with van der Waals surface area (Å²) in [5.41, 5.74) is 15.0. The zero-order chi connectivity index (χ0) is 16.0. The molecule has 0 atom stereocenters. The number of benzene rings is 1. The van der Waals surface area contributed by atoms with Gasteiger partial charge in [0, 0.05) is 24.1 Å². The minimum absolute atomic E-state index is 0. The monoisotopic (exact) mass is 347 g/mol. The molecule has 6 nitrogen and oxygen atoms in total. The second-order valence-corrected chi connectivity index (χ2v) is 6.33. The standard InChI is InChI=1S/C17H21N5O.ClH/c1-2-23-9-13-21-14-15(22(13)10-17(19)7-8-17)11-5-3-4-6-12(11)20-16(14)18;/h3-6H,2,7-10,19H2,1H3,(H2,18,20);1H. The van der Waals surface area contributed by atoms with E-state index in [0.717, 1.165) is 47.1 Å². The van der Waals surface area contributed by atoms with Gasteiger partial charge < -0.3 is 20.8 Å². The molecule has 1 aliphatic rings. The summed E-state index contributed by atoms with van der Waals surface area (Å²) in [6, 6.07) is 8.01. The lowest BCUT2D eigenvalue weighted by molar-refractivity contribution is 0.125. The van der Waals surface area contributed by atoms with E-state index in [1.54, 1.807) is 0 Å². The maximum Gasteiger partial charge on any atom is 0.152 e. The third-order valence-electron chi connectivity index (χ3n) is 4.49. The molecule has 4 N–H and O–H groups in total. The van der Waals surface area contributed by atoms with Gasteiger partial charge in [-0.3, -0.25) is 0 Å². The first-order chi connectivity index (χ1) is 11.1. The average molecular weight is 348 g/mol. The molecule has 0 bridgehead atoms. The van der Waals surface area contributed by atoms with E-state index in [4.69, 9.17) is 21.2 Å². The summed E-state index contributed by atoms with van der Waals surface area (Å²) in [6.45, 7) is 3.81. The molecule has 3 aromatic rings. The van der Waals surface area contributed by atoms with Gasteiger partial charge in [-0.2, -0.15) is 0 Å². The van der Waals surface area contributed by atoms with Crippen LogP contribution in [0.25, 0.3) is 21.9 Å². The predicted octanol–water partition coefficient (Wildman–Crippen LogP) is 2.62. The molecule has 0 amide bonds. The van der Waals surface area contributed by atoms with E-state index < -0.39 is 0 Å². The maximum absolute atomic E-state index is 6.37. The zero-order valence-electron chi connectivity index (χ0n) is 13.7. The molecule has 24 heavy (non-hydrogen) atoms. The highest BCUT2D eigenvalue weighted by atomic mass is 35.5. The predicted molar refractivity (Wildman–Crippen MR) is 98.2 cm³/mol. The Balaban J connectivity index is 0.00000169. The van der Waals surface area contributed by atoms with Crippen molar-refractivity contribution >= 4 is 40.2 Å². The molecule has 1 aromatic carbocycles. The highest BCUT2D eigenvalue weighted by molar-refractivity contribution is 6.06. The van der Waals surface area contributed by atoms with Crippen LogP contribution in [0, 0.1) is 0 Å². The molecule has 1 saturated carbocycles. The molecule has 0 saturated heterocycles. The van der Waals surface area contributed by atoms with Crippen molar-refractivity contribution in [3.05, 3.63) is 30.1 Å². The molecule has 0 unspecified atom stereocenters. The zero-order valence-corrected chi connectivity index (χ0v) is 14.5. The van der Waals surface area contributed by atoms with E-state index in [1.165, 1.54) is 0 Å². The number of nitrogens with zero attached hydrogens (tertiary/aromatic N) is 3. The minimum Gasteiger partial charge on any atom is -0.382 e. The fourth-order valence-corrected chi connectivity index (χ4v) is 3.01. The normalized spacial score (nSPS) is 15.6. The Labute approximate surface area is 146 Å². The van der Waals surface area contributed by atoms with Gasteiger partial charge in [0.25, 0.3) is 0 Å². The van der Waals surface area contributed by atoms with E-state index in [-0.39, 0.29) is 17.9 Å². The van der Waals surface area contributed by atoms with Gasteiger partial charge in [-0.15, -0.1) is 12.4 Å². The van der Waals surface area contributed by atoms with Crippen LogP contribution in [0.2, 0.25) is 0 Å². The number of ether oxygens (including phenoxy) is 1. The lowest BCUT2D eigenvalue weighted by Crippen LogP contribution is -2.29. The van der Waals surface area contributed by atoms with Crippen LogP contribution < -0.4 is 11.5 Å². The van der Waals surface area contributed by atoms with Crippen molar-refractivity contribution in [2.45, 2.75) is 38.5 Å². The van der Waals surface area contributed by atoms with Crippen LogP contribution in [0.4, 0.5) is 5.82 Å². The van der Waals surface area contributed by atoms with Crippen LogP contribution in [-0.4, -0.2) is 26.7 Å². The summed E-state index contributed by atoms with van der Waals surface area (Å²) < 4.78 is 7.77. The van der Waals surface area contributed by atoms with E-state index in [2.05, 4.69) is 15.6 Å². The van der Waals surface area contributed by atoms with Gasteiger partial charge in [0.15, 0.2) is 5.82 Å². The fourth-order valence-electron chi connectivity index (χ4n) is 3.01. The Hall–Kier alpha value is -1.89. The second-order valence-electron chi connectivity index (χ2n) is 6.33. The fraction of sp³-hybridized carbons (Fsp3) is 0.412.